The van der Waals surface area contributed by atoms with Crippen LogP contribution < -0.4 is 0 Å². The van der Waals surface area contributed by atoms with Crippen molar-refractivity contribution in [2.45, 2.75) is 18.3 Å². The number of rotatable bonds is 5. The van der Waals surface area contributed by atoms with Gasteiger partial charge in [-0.1, -0.05) is 0 Å². The molecule has 0 fully saturated rings. The normalized spacial score (nSPS) is 14.9. The van der Waals surface area contributed by atoms with Crippen molar-refractivity contribution in [2.75, 3.05) is 6.61 Å². The van der Waals surface area contributed by atoms with Crippen LogP contribution in [0, 0.1) is 10.1 Å². The zero-order chi connectivity index (χ0) is 14.1. The largest absolute Gasteiger partial charge is 0.394 e. The van der Waals surface area contributed by atoms with E-state index in [0.29, 0.717) is 0 Å². The second-order valence-corrected chi connectivity index (χ2v) is 3.08. The van der Waals surface area contributed by atoms with Crippen molar-refractivity contribution < 1.29 is 30.1 Å². The zero-order valence-electron chi connectivity index (χ0n) is 9.08. The first kappa shape index (κ1) is 16.1. The van der Waals surface area contributed by atoms with E-state index in [1.807, 2.05) is 0 Å². The number of aliphatic hydroxyl groups excluding tert-OH is 4. The molecular formula is C8H13N3O7. The molecule has 0 saturated carbocycles. The molecule has 1 rings (SSSR count). The van der Waals surface area contributed by atoms with Crippen LogP contribution in [0.4, 0.5) is 5.69 Å². The van der Waals surface area contributed by atoms with Crippen molar-refractivity contribution in [2.24, 2.45) is 0 Å². The third kappa shape index (κ3) is 5.45. The summed E-state index contributed by atoms with van der Waals surface area (Å²) in [5.41, 5.74) is -0.00926. The third-order valence-electron chi connectivity index (χ3n) is 1.77. The summed E-state index contributed by atoms with van der Waals surface area (Å²) in [6.07, 6.45) is -2.26. The van der Waals surface area contributed by atoms with Crippen LogP contribution in [0.25, 0.3) is 0 Å². The van der Waals surface area contributed by atoms with Crippen molar-refractivity contribution in [3.63, 3.8) is 0 Å². The van der Waals surface area contributed by atoms with Gasteiger partial charge in [0, 0.05) is 0 Å². The highest BCUT2D eigenvalue weighted by Gasteiger charge is 2.22. The maximum absolute atomic E-state index is 9.81. The summed E-state index contributed by atoms with van der Waals surface area (Å²) in [6, 6.07) is 0. The van der Waals surface area contributed by atoms with Crippen LogP contribution in [0.15, 0.2) is 12.4 Å². The molecule has 18 heavy (non-hydrogen) atoms. The molecule has 10 nitrogen and oxygen atoms in total. The molecule has 102 valence electrons. The number of nitrogens with zero attached hydrogens (tertiary/aromatic N) is 2. The molecule has 0 aromatic carbocycles. The standard InChI is InChI=1S/C5H10O5.C3H3N3O2/c6-1-3(8)5(10)4(9)2-7;7-6(8)3-1-4-5-2-3/h1,3-5,7-10H,2H2;1-2H,(H,4,5). The van der Waals surface area contributed by atoms with Gasteiger partial charge in [-0.05, 0) is 0 Å². The number of hydrogen-bond acceptors (Lipinski definition) is 8. The number of aliphatic hydroxyl groups is 4. The highest BCUT2D eigenvalue weighted by Crippen LogP contribution is 2.02. The Morgan fingerprint density at radius 2 is 2.11 bits per heavy atom. The fourth-order valence-electron chi connectivity index (χ4n) is 0.760. The Kier molecular flexibility index (Phi) is 7.38. The van der Waals surface area contributed by atoms with Gasteiger partial charge < -0.3 is 25.2 Å². The third-order valence-corrected chi connectivity index (χ3v) is 1.77. The number of hydrogen-bond donors (Lipinski definition) is 5. The van der Waals surface area contributed by atoms with Gasteiger partial charge in [0.2, 0.25) is 0 Å². The molecule has 0 saturated heterocycles. The van der Waals surface area contributed by atoms with Gasteiger partial charge in [0.05, 0.1) is 17.7 Å². The molecule has 3 atom stereocenters. The van der Waals surface area contributed by atoms with Crippen molar-refractivity contribution in [1.29, 1.82) is 0 Å². The maximum atomic E-state index is 9.81. The van der Waals surface area contributed by atoms with Crippen molar-refractivity contribution in [3.8, 4) is 0 Å². The van der Waals surface area contributed by atoms with E-state index >= 15 is 0 Å². The van der Waals surface area contributed by atoms with E-state index in [4.69, 9.17) is 20.4 Å². The Bertz CT molecular complexity index is 356. The highest BCUT2D eigenvalue weighted by atomic mass is 16.6. The predicted molar refractivity (Wildman–Crippen MR) is 56.4 cm³/mol. The molecule has 0 spiro atoms. The lowest BCUT2D eigenvalue weighted by Crippen LogP contribution is -2.40. The molecule has 0 aliphatic heterocycles. The second-order valence-electron chi connectivity index (χ2n) is 3.08. The van der Waals surface area contributed by atoms with Gasteiger partial charge >= 0.3 is 5.69 Å². The van der Waals surface area contributed by atoms with Gasteiger partial charge in [0.25, 0.3) is 0 Å². The van der Waals surface area contributed by atoms with E-state index in [2.05, 4.69) is 10.2 Å². The number of H-pyrrole nitrogens is 1. The zero-order valence-corrected chi connectivity index (χ0v) is 9.08. The Balaban J connectivity index is 0.000000327. The Morgan fingerprint density at radius 1 is 1.50 bits per heavy atom. The Morgan fingerprint density at radius 3 is 2.39 bits per heavy atom. The smallest absolute Gasteiger partial charge is 0.306 e. The van der Waals surface area contributed by atoms with E-state index in [1.165, 1.54) is 6.20 Å². The topological polar surface area (TPSA) is 170 Å². The number of carbonyl (C=O) groups excluding carboxylic acids is 1. The number of nitro groups is 1. The van der Waals surface area contributed by atoms with Crippen LogP contribution in [-0.2, 0) is 4.79 Å². The molecule has 1 aromatic heterocycles. The summed E-state index contributed by atoms with van der Waals surface area (Å²) < 4.78 is 0. The fraction of sp³-hybridized carbons (Fsp3) is 0.500. The van der Waals surface area contributed by atoms with E-state index in [1.54, 1.807) is 0 Å². The van der Waals surface area contributed by atoms with E-state index in [0.717, 1.165) is 6.20 Å². The van der Waals surface area contributed by atoms with E-state index in [9.17, 15) is 14.9 Å². The highest BCUT2D eigenvalue weighted by molar-refractivity contribution is 5.56. The second kappa shape index (κ2) is 8.25. The number of nitrogens with one attached hydrogen (secondary N) is 1. The minimum absolute atomic E-state index is 0.00926. The average Bonchev–Trinajstić information content (AvgIpc) is 2.90. The lowest BCUT2D eigenvalue weighted by molar-refractivity contribution is -0.384. The van der Waals surface area contributed by atoms with Crippen LogP contribution in [-0.4, -0.2) is 66.8 Å². The summed E-state index contributed by atoms with van der Waals surface area (Å²) in [5.74, 6) is 0. The molecule has 1 aromatic rings. The van der Waals surface area contributed by atoms with Crippen LogP contribution in [0.1, 0.15) is 0 Å². The lowest BCUT2D eigenvalue weighted by Gasteiger charge is -2.16. The summed E-state index contributed by atoms with van der Waals surface area (Å²) >= 11 is 0. The van der Waals surface area contributed by atoms with Gasteiger partial charge in [-0.3, -0.25) is 15.2 Å². The molecule has 3 unspecified atom stereocenters. The monoisotopic (exact) mass is 263 g/mol. The summed E-state index contributed by atoms with van der Waals surface area (Å²) in [5, 5.41) is 49.6. The SMILES string of the molecule is O=CC(O)C(O)C(O)CO.O=[N+]([O-])c1cn[nH]c1. The summed E-state index contributed by atoms with van der Waals surface area (Å²) in [6.45, 7) is -0.688. The van der Waals surface area contributed by atoms with Crippen LogP contribution in [0.2, 0.25) is 0 Å². The first-order valence-corrected chi connectivity index (χ1v) is 4.67. The molecule has 5 N–H and O–H groups in total. The van der Waals surface area contributed by atoms with Gasteiger partial charge in [0.1, 0.15) is 24.5 Å². The molecule has 0 aliphatic rings. The molecule has 0 amide bonds. The average molecular weight is 263 g/mol. The van der Waals surface area contributed by atoms with Crippen molar-refractivity contribution in [3.05, 3.63) is 22.5 Å². The fourth-order valence-corrected chi connectivity index (χ4v) is 0.760. The minimum atomic E-state index is -1.64. The Labute approximate surface area is 101 Å². The van der Waals surface area contributed by atoms with Crippen LogP contribution in [0.3, 0.4) is 0 Å². The quantitative estimate of drug-likeness (QED) is 0.222. The van der Waals surface area contributed by atoms with Crippen LogP contribution >= 0.6 is 0 Å². The molecule has 0 aliphatic carbocycles. The van der Waals surface area contributed by atoms with Gasteiger partial charge in [-0.15, -0.1) is 0 Å². The number of carbonyl (C=O) groups is 1. The van der Waals surface area contributed by atoms with Crippen LogP contribution in [0.5, 0.6) is 0 Å². The molecule has 10 heteroatoms. The van der Waals surface area contributed by atoms with E-state index in [-0.39, 0.29) is 12.0 Å². The van der Waals surface area contributed by atoms with Crippen molar-refractivity contribution >= 4 is 12.0 Å². The minimum Gasteiger partial charge on any atom is -0.394 e. The van der Waals surface area contributed by atoms with Gasteiger partial charge in [0.15, 0.2) is 6.29 Å². The number of aldehydes is 1. The molecular weight excluding hydrogens is 250 g/mol. The van der Waals surface area contributed by atoms with Gasteiger partial charge in [-0.25, -0.2) is 0 Å². The summed E-state index contributed by atoms with van der Waals surface area (Å²) in [4.78, 5) is 19.1. The lowest BCUT2D eigenvalue weighted by atomic mass is 10.1. The number of aromatic nitrogens is 2. The molecule has 0 radical (unpaired) electrons. The van der Waals surface area contributed by atoms with Crippen molar-refractivity contribution in [1.82, 2.24) is 10.2 Å². The first-order chi connectivity index (χ1) is 8.43. The Hall–Kier alpha value is -1.88. The number of aromatic amines is 1. The maximum Gasteiger partial charge on any atom is 0.306 e. The molecule has 1 heterocycles. The predicted octanol–water partition coefficient (Wildman–Crippen LogP) is -2.42. The summed E-state index contributed by atoms with van der Waals surface area (Å²) in [7, 11) is 0. The van der Waals surface area contributed by atoms with E-state index < -0.39 is 29.8 Å². The van der Waals surface area contributed by atoms with Gasteiger partial charge in [-0.2, -0.15) is 5.10 Å². The molecule has 0 bridgehead atoms. The first-order valence-electron chi connectivity index (χ1n) is 4.67.